The summed E-state index contributed by atoms with van der Waals surface area (Å²) >= 11 is 0. The van der Waals surface area contributed by atoms with Crippen molar-refractivity contribution in [1.82, 2.24) is 18.9 Å². The van der Waals surface area contributed by atoms with Gasteiger partial charge in [0.2, 0.25) is 5.95 Å². The highest BCUT2D eigenvalue weighted by Crippen LogP contribution is 2.48. The van der Waals surface area contributed by atoms with Crippen molar-refractivity contribution in [2.45, 2.75) is 19.8 Å². The molecular formula is C43H28N4. The van der Waals surface area contributed by atoms with Crippen molar-refractivity contribution >= 4 is 71.9 Å². The molecule has 0 spiro atoms. The van der Waals surface area contributed by atoms with Gasteiger partial charge in [0.15, 0.2) is 0 Å². The molecule has 4 nitrogen and oxygen atoms in total. The van der Waals surface area contributed by atoms with Crippen LogP contribution in [0.5, 0.6) is 0 Å². The lowest BCUT2D eigenvalue weighted by Crippen LogP contribution is -2.10. The summed E-state index contributed by atoms with van der Waals surface area (Å²) in [6.45, 7) is 2.21. The van der Waals surface area contributed by atoms with Crippen LogP contribution in [0.25, 0.3) is 89.1 Å². The molecule has 0 N–H and O–H groups in total. The second kappa shape index (κ2) is 9.66. The fraction of sp³-hybridized carbons (Fsp3) is 0.0698. The zero-order chi connectivity index (χ0) is 31.2. The lowest BCUT2D eigenvalue weighted by atomic mass is 9.97. The van der Waals surface area contributed by atoms with Gasteiger partial charge in [-0.25, -0.2) is 9.97 Å². The van der Waals surface area contributed by atoms with Gasteiger partial charge in [-0.05, 0) is 48.8 Å². The van der Waals surface area contributed by atoms with Gasteiger partial charge in [0.1, 0.15) is 0 Å². The third-order valence-electron chi connectivity index (χ3n) is 10.0. The highest BCUT2D eigenvalue weighted by atomic mass is 15.2. The predicted octanol–water partition coefficient (Wildman–Crippen LogP) is 10.3. The molecule has 1 aliphatic rings. The second-order valence-corrected chi connectivity index (χ2v) is 12.4. The van der Waals surface area contributed by atoms with Crippen LogP contribution in [0.3, 0.4) is 0 Å². The molecule has 10 rings (SSSR count). The summed E-state index contributed by atoms with van der Waals surface area (Å²) in [6, 6.07) is 34.7. The number of aromatic nitrogens is 4. The van der Waals surface area contributed by atoms with Crippen molar-refractivity contribution in [2.75, 3.05) is 0 Å². The van der Waals surface area contributed by atoms with Crippen LogP contribution in [0.1, 0.15) is 28.9 Å². The third kappa shape index (κ3) is 3.43. The SMILES string of the molecule is C#C/C=C\c1c(C)n2c3c1cccc3c1c3ccccc3c3c4ccccc4n(-c4nc5c(c(-c6ccccc6)n4)C=CCC5)c3c12. The lowest BCUT2D eigenvalue weighted by molar-refractivity contribution is 0.878. The molecule has 0 aliphatic heterocycles. The Morgan fingerprint density at radius 2 is 1.43 bits per heavy atom. The Balaban J connectivity index is 1.48. The van der Waals surface area contributed by atoms with Crippen molar-refractivity contribution in [3.8, 4) is 29.5 Å². The summed E-state index contributed by atoms with van der Waals surface area (Å²) in [5.74, 6) is 3.40. The maximum absolute atomic E-state index is 5.70. The Bertz CT molecular complexity index is 2860. The Kier molecular flexibility index (Phi) is 5.36. The Hall–Kier alpha value is -6.18. The summed E-state index contributed by atoms with van der Waals surface area (Å²) in [7, 11) is 0. The van der Waals surface area contributed by atoms with E-state index in [4.69, 9.17) is 16.4 Å². The van der Waals surface area contributed by atoms with E-state index in [-0.39, 0.29) is 0 Å². The van der Waals surface area contributed by atoms with Crippen LogP contribution in [0.4, 0.5) is 0 Å². The Morgan fingerprint density at radius 3 is 2.23 bits per heavy atom. The standard InChI is InChI=1S/C43H28N4/c1-3-4-17-28-26(2)46-40-31(28)22-14-23-34(40)38-30-19-9-8-18-29(30)37-33-21-11-13-25-36(33)47(42(37)41(38)46)43-44-35-24-12-10-20-32(35)39(45-43)27-15-6-5-7-16-27/h1,4-11,13-23,25H,12,24H2,2H3/b17-4-. The number of benzene rings is 5. The normalized spacial score (nSPS) is 13.3. The molecule has 220 valence electrons. The quantitative estimate of drug-likeness (QED) is 0.189. The first kappa shape index (κ1) is 26.1. The zero-order valence-electron chi connectivity index (χ0n) is 25.8. The first-order valence-electron chi connectivity index (χ1n) is 16.1. The van der Waals surface area contributed by atoms with Gasteiger partial charge < -0.3 is 4.40 Å². The summed E-state index contributed by atoms with van der Waals surface area (Å²) in [5.41, 5.74) is 11.2. The summed E-state index contributed by atoms with van der Waals surface area (Å²) < 4.78 is 4.79. The number of nitrogens with zero attached hydrogens (tertiary/aromatic N) is 4. The smallest absolute Gasteiger partial charge is 0.235 e. The molecule has 47 heavy (non-hydrogen) atoms. The molecule has 0 saturated carbocycles. The largest absolute Gasteiger partial charge is 0.310 e. The summed E-state index contributed by atoms with van der Waals surface area (Å²) in [6.07, 6.45) is 15.9. The van der Waals surface area contributed by atoms with Crippen molar-refractivity contribution in [2.24, 2.45) is 0 Å². The molecule has 5 aromatic carbocycles. The lowest BCUT2D eigenvalue weighted by Gasteiger charge is -2.17. The van der Waals surface area contributed by atoms with E-state index in [0.717, 1.165) is 57.6 Å². The van der Waals surface area contributed by atoms with Crippen LogP contribution in [-0.4, -0.2) is 18.9 Å². The maximum Gasteiger partial charge on any atom is 0.235 e. The fourth-order valence-corrected chi connectivity index (χ4v) is 8.11. The van der Waals surface area contributed by atoms with Gasteiger partial charge in [-0.2, -0.15) is 0 Å². The van der Waals surface area contributed by atoms with E-state index < -0.39 is 0 Å². The highest BCUT2D eigenvalue weighted by molar-refractivity contribution is 6.37. The van der Waals surface area contributed by atoms with Gasteiger partial charge in [-0.15, -0.1) is 6.42 Å². The van der Waals surface area contributed by atoms with Crippen molar-refractivity contribution in [3.05, 3.63) is 132 Å². The molecule has 0 amide bonds. The average Bonchev–Trinajstić information content (AvgIpc) is 3.75. The number of fused-ring (bicyclic) bond motifs is 11. The number of aryl methyl sites for hydroxylation is 2. The first-order chi connectivity index (χ1) is 23.2. The molecule has 4 aromatic heterocycles. The van der Waals surface area contributed by atoms with E-state index in [1.807, 2.05) is 0 Å². The molecule has 4 heterocycles. The van der Waals surface area contributed by atoms with Crippen molar-refractivity contribution < 1.29 is 0 Å². The highest BCUT2D eigenvalue weighted by Gasteiger charge is 2.27. The van der Waals surface area contributed by atoms with E-state index in [9.17, 15) is 0 Å². The van der Waals surface area contributed by atoms with Gasteiger partial charge in [-0.1, -0.05) is 109 Å². The second-order valence-electron chi connectivity index (χ2n) is 12.4. The van der Waals surface area contributed by atoms with Crippen LogP contribution in [0.2, 0.25) is 0 Å². The molecule has 9 aromatic rings. The summed E-state index contributed by atoms with van der Waals surface area (Å²) in [4.78, 5) is 10.8. The topological polar surface area (TPSA) is 35.1 Å². The number of rotatable bonds is 3. The molecule has 0 bridgehead atoms. The van der Waals surface area contributed by atoms with Gasteiger partial charge in [0.05, 0.1) is 33.5 Å². The molecule has 0 fully saturated rings. The number of allylic oxidation sites excluding steroid dienone is 2. The number of terminal acetylenes is 1. The first-order valence-corrected chi connectivity index (χ1v) is 16.1. The average molecular weight is 601 g/mol. The van der Waals surface area contributed by atoms with Crippen molar-refractivity contribution in [1.29, 1.82) is 0 Å². The fourth-order valence-electron chi connectivity index (χ4n) is 8.11. The van der Waals surface area contributed by atoms with E-state index in [1.54, 1.807) is 6.08 Å². The molecule has 0 unspecified atom stereocenters. The van der Waals surface area contributed by atoms with Crippen LogP contribution < -0.4 is 0 Å². The monoisotopic (exact) mass is 600 g/mol. The summed E-state index contributed by atoms with van der Waals surface area (Å²) in [5, 5.41) is 8.56. The Morgan fingerprint density at radius 1 is 0.723 bits per heavy atom. The van der Waals surface area contributed by atoms with Gasteiger partial charge in [-0.3, -0.25) is 4.57 Å². The maximum atomic E-state index is 5.70. The van der Waals surface area contributed by atoms with Gasteiger partial charge >= 0.3 is 0 Å². The van der Waals surface area contributed by atoms with Gasteiger partial charge in [0.25, 0.3) is 0 Å². The molecule has 4 heteroatoms. The van der Waals surface area contributed by atoms with Gasteiger partial charge in [0, 0.05) is 49.3 Å². The zero-order valence-corrected chi connectivity index (χ0v) is 25.8. The third-order valence-corrected chi connectivity index (χ3v) is 10.0. The number of hydrogen-bond acceptors (Lipinski definition) is 2. The van der Waals surface area contributed by atoms with E-state index in [1.165, 1.54) is 48.7 Å². The molecular weight excluding hydrogens is 573 g/mol. The minimum Gasteiger partial charge on any atom is -0.310 e. The molecule has 0 radical (unpaired) electrons. The number of hydrogen-bond donors (Lipinski definition) is 0. The van der Waals surface area contributed by atoms with Crippen LogP contribution in [0, 0.1) is 19.3 Å². The molecule has 0 saturated heterocycles. The van der Waals surface area contributed by atoms with E-state index in [0.29, 0.717) is 5.95 Å². The number of para-hydroxylation sites is 2. The van der Waals surface area contributed by atoms with E-state index >= 15 is 0 Å². The Labute approximate surface area is 271 Å². The molecule has 0 atom stereocenters. The van der Waals surface area contributed by atoms with Crippen LogP contribution >= 0.6 is 0 Å². The van der Waals surface area contributed by atoms with Crippen LogP contribution in [-0.2, 0) is 6.42 Å². The minimum atomic E-state index is 0.700. The van der Waals surface area contributed by atoms with Crippen LogP contribution in [0.15, 0.2) is 109 Å². The van der Waals surface area contributed by atoms with Crippen molar-refractivity contribution in [3.63, 3.8) is 0 Å². The molecule has 1 aliphatic carbocycles. The minimum absolute atomic E-state index is 0.700. The van der Waals surface area contributed by atoms with E-state index in [2.05, 4.69) is 137 Å². The predicted molar refractivity (Wildman–Crippen MR) is 196 cm³/mol.